The van der Waals surface area contributed by atoms with Crippen molar-refractivity contribution < 1.29 is 13.5 Å². The fourth-order valence-electron chi connectivity index (χ4n) is 1.76. The SMILES string of the molecule is CNCc1cc(F)c(OCCc2cccs2)c(F)c1. The lowest BCUT2D eigenvalue weighted by atomic mass is 10.2. The van der Waals surface area contributed by atoms with Crippen LogP contribution in [0.1, 0.15) is 10.4 Å². The van der Waals surface area contributed by atoms with Crippen LogP contribution in [0.25, 0.3) is 0 Å². The van der Waals surface area contributed by atoms with Gasteiger partial charge in [-0.3, -0.25) is 0 Å². The average molecular weight is 283 g/mol. The highest BCUT2D eigenvalue weighted by Crippen LogP contribution is 2.23. The minimum Gasteiger partial charge on any atom is -0.487 e. The van der Waals surface area contributed by atoms with Crippen LogP contribution in [0, 0.1) is 11.6 Å². The maximum Gasteiger partial charge on any atom is 0.190 e. The van der Waals surface area contributed by atoms with E-state index in [-0.39, 0.29) is 12.4 Å². The summed E-state index contributed by atoms with van der Waals surface area (Å²) < 4.78 is 32.6. The predicted molar refractivity (Wildman–Crippen MR) is 72.6 cm³/mol. The molecular formula is C14H15F2NOS. The van der Waals surface area contributed by atoms with Crippen LogP contribution in [0.4, 0.5) is 8.78 Å². The summed E-state index contributed by atoms with van der Waals surface area (Å²) in [7, 11) is 1.72. The van der Waals surface area contributed by atoms with Gasteiger partial charge in [0.2, 0.25) is 0 Å². The molecule has 2 nitrogen and oxygen atoms in total. The van der Waals surface area contributed by atoms with E-state index in [9.17, 15) is 8.78 Å². The number of ether oxygens (including phenoxy) is 1. The molecule has 0 amide bonds. The van der Waals surface area contributed by atoms with Gasteiger partial charge in [0, 0.05) is 17.8 Å². The maximum atomic E-state index is 13.7. The van der Waals surface area contributed by atoms with E-state index in [0.29, 0.717) is 18.5 Å². The summed E-state index contributed by atoms with van der Waals surface area (Å²) >= 11 is 1.60. The third kappa shape index (κ3) is 3.75. The van der Waals surface area contributed by atoms with E-state index in [1.807, 2.05) is 17.5 Å². The van der Waals surface area contributed by atoms with Gasteiger partial charge in [-0.1, -0.05) is 6.07 Å². The van der Waals surface area contributed by atoms with Crippen LogP contribution >= 0.6 is 11.3 Å². The van der Waals surface area contributed by atoms with Gasteiger partial charge in [0.25, 0.3) is 0 Å². The first kappa shape index (κ1) is 14.0. The van der Waals surface area contributed by atoms with Gasteiger partial charge in [-0.05, 0) is 36.2 Å². The Labute approximate surface area is 115 Å². The van der Waals surface area contributed by atoms with Gasteiger partial charge in [-0.2, -0.15) is 0 Å². The molecule has 0 saturated heterocycles. The quantitative estimate of drug-likeness (QED) is 0.877. The lowest BCUT2D eigenvalue weighted by molar-refractivity contribution is 0.289. The first-order chi connectivity index (χ1) is 9.20. The molecule has 0 aliphatic heterocycles. The molecule has 0 bridgehead atoms. The Bertz CT molecular complexity index is 505. The molecule has 0 saturated carbocycles. The summed E-state index contributed by atoms with van der Waals surface area (Å²) in [6, 6.07) is 6.49. The molecule has 0 spiro atoms. The van der Waals surface area contributed by atoms with Crippen molar-refractivity contribution in [2.45, 2.75) is 13.0 Å². The molecule has 2 rings (SSSR count). The Kier molecular flexibility index (Phi) is 4.87. The van der Waals surface area contributed by atoms with Crippen molar-refractivity contribution in [3.05, 3.63) is 51.7 Å². The van der Waals surface area contributed by atoms with Crippen molar-refractivity contribution in [3.63, 3.8) is 0 Å². The number of benzene rings is 1. The molecule has 0 unspecified atom stereocenters. The van der Waals surface area contributed by atoms with Crippen molar-refractivity contribution in [3.8, 4) is 5.75 Å². The van der Waals surface area contributed by atoms with Gasteiger partial charge in [0.15, 0.2) is 17.4 Å². The Morgan fingerprint density at radius 3 is 2.58 bits per heavy atom. The molecule has 0 fully saturated rings. The minimum atomic E-state index is -0.656. The van der Waals surface area contributed by atoms with E-state index >= 15 is 0 Å². The van der Waals surface area contributed by atoms with E-state index < -0.39 is 11.6 Å². The highest BCUT2D eigenvalue weighted by molar-refractivity contribution is 7.09. The summed E-state index contributed by atoms with van der Waals surface area (Å²) in [4.78, 5) is 1.13. The second-order valence-electron chi connectivity index (χ2n) is 4.10. The molecule has 1 aromatic carbocycles. The van der Waals surface area contributed by atoms with Gasteiger partial charge in [0.05, 0.1) is 6.61 Å². The average Bonchev–Trinajstić information content (AvgIpc) is 2.86. The van der Waals surface area contributed by atoms with Gasteiger partial charge in [-0.15, -0.1) is 11.3 Å². The molecule has 1 aromatic heterocycles. The molecule has 5 heteroatoms. The third-order valence-electron chi connectivity index (χ3n) is 2.61. The zero-order valence-electron chi connectivity index (χ0n) is 10.6. The van der Waals surface area contributed by atoms with E-state index in [1.54, 1.807) is 18.4 Å². The van der Waals surface area contributed by atoms with Crippen molar-refractivity contribution in [2.24, 2.45) is 0 Å². The molecule has 2 aromatic rings. The predicted octanol–water partition coefficient (Wildman–Crippen LogP) is 3.37. The largest absolute Gasteiger partial charge is 0.487 e. The number of nitrogens with one attached hydrogen (secondary N) is 1. The fraction of sp³-hybridized carbons (Fsp3) is 0.286. The molecule has 102 valence electrons. The summed E-state index contributed by atoms with van der Waals surface area (Å²) in [6.45, 7) is 0.684. The molecule has 0 radical (unpaired) electrons. The van der Waals surface area contributed by atoms with Crippen molar-refractivity contribution in [2.75, 3.05) is 13.7 Å². The summed E-state index contributed by atoms with van der Waals surface area (Å²) in [5.41, 5.74) is 0.558. The zero-order chi connectivity index (χ0) is 13.7. The number of thiophene rings is 1. The Hall–Kier alpha value is -1.46. The number of rotatable bonds is 6. The van der Waals surface area contributed by atoms with Crippen LogP contribution in [0.15, 0.2) is 29.6 Å². The second kappa shape index (κ2) is 6.63. The number of hydrogen-bond acceptors (Lipinski definition) is 3. The van der Waals surface area contributed by atoms with Gasteiger partial charge >= 0.3 is 0 Å². The van der Waals surface area contributed by atoms with Crippen LogP contribution < -0.4 is 10.1 Å². The normalized spacial score (nSPS) is 10.7. The molecule has 19 heavy (non-hydrogen) atoms. The smallest absolute Gasteiger partial charge is 0.190 e. The van der Waals surface area contributed by atoms with Crippen LogP contribution in [0.5, 0.6) is 5.75 Å². The van der Waals surface area contributed by atoms with Crippen molar-refractivity contribution in [1.29, 1.82) is 0 Å². The molecule has 0 aliphatic carbocycles. The molecule has 1 N–H and O–H groups in total. The van der Waals surface area contributed by atoms with Crippen LogP contribution in [-0.4, -0.2) is 13.7 Å². The third-order valence-corrected chi connectivity index (χ3v) is 3.55. The summed E-state index contributed by atoms with van der Waals surface area (Å²) in [5.74, 6) is -1.61. The van der Waals surface area contributed by atoms with E-state index in [4.69, 9.17) is 4.74 Å². The van der Waals surface area contributed by atoms with E-state index in [0.717, 1.165) is 4.88 Å². The highest BCUT2D eigenvalue weighted by Gasteiger charge is 2.12. The summed E-state index contributed by atoms with van der Waals surface area (Å²) in [5, 5.41) is 4.81. The van der Waals surface area contributed by atoms with E-state index in [2.05, 4.69) is 5.32 Å². The standard InChI is InChI=1S/C14H15F2NOS/c1-17-9-10-7-12(15)14(13(16)8-10)18-5-4-11-3-2-6-19-11/h2-3,6-8,17H,4-5,9H2,1H3. The van der Waals surface area contributed by atoms with Gasteiger partial charge in [-0.25, -0.2) is 8.78 Å². The zero-order valence-corrected chi connectivity index (χ0v) is 11.4. The minimum absolute atomic E-state index is 0.264. The van der Waals surface area contributed by atoms with Crippen LogP contribution in [0.3, 0.4) is 0 Å². The van der Waals surface area contributed by atoms with Gasteiger partial charge < -0.3 is 10.1 Å². The lowest BCUT2D eigenvalue weighted by Crippen LogP contribution is -2.08. The molecular weight excluding hydrogens is 268 g/mol. The monoisotopic (exact) mass is 283 g/mol. The summed E-state index contributed by atoms with van der Waals surface area (Å²) in [6.07, 6.45) is 0.648. The Balaban J connectivity index is 1.99. The number of hydrogen-bond donors (Lipinski definition) is 1. The molecule has 1 heterocycles. The fourth-order valence-corrected chi connectivity index (χ4v) is 2.46. The first-order valence-corrected chi connectivity index (χ1v) is 6.86. The Morgan fingerprint density at radius 1 is 1.26 bits per heavy atom. The second-order valence-corrected chi connectivity index (χ2v) is 5.13. The van der Waals surface area contributed by atoms with E-state index in [1.165, 1.54) is 12.1 Å². The highest BCUT2D eigenvalue weighted by atomic mass is 32.1. The molecule has 0 atom stereocenters. The van der Waals surface area contributed by atoms with Gasteiger partial charge in [0.1, 0.15) is 0 Å². The maximum absolute atomic E-state index is 13.7. The van der Waals surface area contributed by atoms with Crippen LogP contribution in [-0.2, 0) is 13.0 Å². The van der Waals surface area contributed by atoms with Crippen molar-refractivity contribution in [1.82, 2.24) is 5.32 Å². The van der Waals surface area contributed by atoms with Crippen molar-refractivity contribution >= 4 is 11.3 Å². The lowest BCUT2D eigenvalue weighted by Gasteiger charge is -2.09. The first-order valence-electron chi connectivity index (χ1n) is 5.98. The molecule has 0 aliphatic rings. The number of halogens is 2. The topological polar surface area (TPSA) is 21.3 Å². The Morgan fingerprint density at radius 2 is 2.00 bits per heavy atom. The van der Waals surface area contributed by atoms with Crippen LogP contribution in [0.2, 0.25) is 0 Å².